The summed E-state index contributed by atoms with van der Waals surface area (Å²) in [7, 11) is 0. The Balaban J connectivity index is 3.22. The molecule has 74 valence electrons. The van der Waals surface area contributed by atoms with Gasteiger partial charge in [-0.3, -0.25) is 0 Å². The Labute approximate surface area is 87.7 Å². The molecule has 1 rings (SSSR count). The molecule has 0 saturated heterocycles. The highest BCUT2D eigenvalue weighted by molar-refractivity contribution is 9.10. The minimum Gasteiger partial charge on any atom is -0.396 e. The summed E-state index contributed by atoms with van der Waals surface area (Å²) in [4.78, 5) is 3.55. The van der Waals surface area contributed by atoms with Gasteiger partial charge in [-0.05, 0) is 27.6 Å². The standard InChI is InChI=1S/C8H6BrF2N3/c9-7-6(13)4(1-2-12)3-5(14-7)8(10)11/h3,8H,1,13H2. The van der Waals surface area contributed by atoms with Crippen LogP contribution in [-0.2, 0) is 6.42 Å². The van der Waals surface area contributed by atoms with Gasteiger partial charge in [0.15, 0.2) is 0 Å². The minimum atomic E-state index is -2.66. The molecule has 2 N–H and O–H groups in total. The van der Waals surface area contributed by atoms with Gasteiger partial charge in [0.1, 0.15) is 10.3 Å². The number of nitrogens with zero attached hydrogens (tertiary/aromatic N) is 2. The van der Waals surface area contributed by atoms with E-state index in [0.29, 0.717) is 5.56 Å². The predicted molar refractivity (Wildman–Crippen MR) is 50.6 cm³/mol. The van der Waals surface area contributed by atoms with E-state index in [1.807, 2.05) is 6.07 Å². The minimum absolute atomic E-state index is 0.00727. The number of hydrogen-bond donors (Lipinski definition) is 1. The van der Waals surface area contributed by atoms with Gasteiger partial charge in [-0.25, -0.2) is 13.8 Å². The zero-order chi connectivity index (χ0) is 10.7. The Morgan fingerprint density at radius 1 is 1.64 bits per heavy atom. The summed E-state index contributed by atoms with van der Waals surface area (Å²) in [5.74, 6) is 0. The predicted octanol–water partition coefficient (Wildman–Crippen LogP) is 2.43. The van der Waals surface area contributed by atoms with Crippen molar-refractivity contribution >= 4 is 21.6 Å². The summed E-state index contributed by atoms with van der Waals surface area (Å²) in [6.07, 6.45) is -2.67. The molecule has 0 saturated carbocycles. The summed E-state index contributed by atoms with van der Waals surface area (Å²) < 4.78 is 24.7. The molecule has 14 heavy (non-hydrogen) atoms. The van der Waals surface area contributed by atoms with E-state index >= 15 is 0 Å². The first kappa shape index (κ1) is 10.9. The van der Waals surface area contributed by atoms with Crippen LogP contribution in [0.1, 0.15) is 17.7 Å². The lowest BCUT2D eigenvalue weighted by Crippen LogP contribution is -2.01. The van der Waals surface area contributed by atoms with Crippen LogP contribution in [0.5, 0.6) is 0 Å². The first-order valence-corrected chi connectivity index (χ1v) is 4.45. The zero-order valence-corrected chi connectivity index (χ0v) is 8.55. The van der Waals surface area contributed by atoms with Crippen LogP contribution in [0, 0.1) is 11.3 Å². The van der Waals surface area contributed by atoms with Gasteiger partial charge in [-0.1, -0.05) is 0 Å². The summed E-state index contributed by atoms with van der Waals surface area (Å²) in [6, 6.07) is 2.99. The van der Waals surface area contributed by atoms with Crippen LogP contribution < -0.4 is 5.73 Å². The van der Waals surface area contributed by atoms with Crippen LogP contribution >= 0.6 is 15.9 Å². The molecule has 6 heteroatoms. The second-order valence-electron chi connectivity index (χ2n) is 2.55. The van der Waals surface area contributed by atoms with Gasteiger partial charge in [0.25, 0.3) is 6.43 Å². The summed E-state index contributed by atoms with van der Waals surface area (Å²) >= 11 is 2.96. The number of anilines is 1. The lowest BCUT2D eigenvalue weighted by Gasteiger charge is -2.06. The number of rotatable bonds is 2. The Hall–Kier alpha value is -1.22. The summed E-state index contributed by atoms with van der Waals surface area (Å²) in [6.45, 7) is 0. The second kappa shape index (κ2) is 4.33. The maximum absolute atomic E-state index is 12.3. The Kier molecular flexibility index (Phi) is 3.36. The van der Waals surface area contributed by atoms with Gasteiger partial charge in [0.05, 0.1) is 18.2 Å². The number of nitrogens with two attached hydrogens (primary N) is 1. The van der Waals surface area contributed by atoms with E-state index in [2.05, 4.69) is 20.9 Å². The van der Waals surface area contributed by atoms with Crippen molar-refractivity contribution in [3.63, 3.8) is 0 Å². The number of hydrogen-bond acceptors (Lipinski definition) is 3. The molecular formula is C8H6BrF2N3. The van der Waals surface area contributed by atoms with E-state index < -0.39 is 6.43 Å². The van der Waals surface area contributed by atoms with Gasteiger partial charge in [0, 0.05) is 0 Å². The number of halogens is 3. The second-order valence-corrected chi connectivity index (χ2v) is 3.30. The molecule has 1 aromatic rings. The highest BCUT2D eigenvalue weighted by atomic mass is 79.9. The number of alkyl halides is 2. The number of nitriles is 1. The molecule has 0 amide bonds. The van der Waals surface area contributed by atoms with Crippen LogP contribution in [0.15, 0.2) is 10.7 Å². The van der Waals surface area contributed by atoms with Crippen molar-refractivity contribution in [1.29, 1.82) is 5.26 Å². The highest BCUT2D eigenvalue weighted by Crippen LogP contribution is 2.27. The van der Waals surface area contributed by atoms with Crippen molar-refractivity contribution < 1.29 is 8.78 Å². The molecule has 1 heterocycles. The third-order valence-corrected chi connectivity index (χ3v) is 2.22. The average Bonchev–Trinajstić information content (AvgIpc) is 2.12. The average molecular weight is 262 g/mol. The molecule has 0 atom stereocenters. The fourth-order valence-corrected chi connectivity index (χ4v) is 1.40. The SMILES string of the molecule is N#CCc1cc(C(F)F)nc(Br)c1N. The number of pyridine rings is 1. The molecule has 0 spiro atoms. The first-order chi connectivity index (χ1) is 6.56. The third kappa shape index (κ3) is 2.17. The van der Waals surface area contributed by atoms with Gasteiger partial charge in [-0.15, -0.1) is 0 Å². The van der Waals surface area contributed by atoms with Gasteiger partial charge < -0.3 is 5.73 Å². The van der Waals surface area contributed by atoms with Crippen LogP contribution in [0.4, 0.5) is 14.5 Å². The fraction of sp³-hybridized carbons (Fsp3) is 0.250. The normalized spacial score (nSPS) is 10.2. The van der Waals surface area contributed by atoms with E-state index in [9.17, 15) is 8.78 Å². The Morgan fingerprint density at radius 2 is 2.29 bits per heavy atom. The van der Waals surface area contributed by atoms with Crippen LogP contribution in [0.25, 0.3) is 0 Å². The van der Waals surface area contributed by atoms with Crippen molar-refractivity contribution in [2.75, 3.05) is 5.73 Å². The van der Waals surface area contributed by atoms with E-state index in [-0.39, 0.29) is 22.4 Å². The largest absolute Gasteiger partial charge is 0.396 e. The number of aromatic nitrogens is 1. The van der Waals surface area contributed by atoms with E-state index in [1.165, 1.54) is 0 Å². The van der Waals surface area contributed by atoms with Crippen molar-refractivity contribution in [3.8, 4) is 6.07 Å². The molecule has 0 aliphatic carbocycles. The molecule has 0 aliphatic heterocycles. The highest BCUT2D eigenvalue weighted by Gasteiger charge is 2.14. The Bertz CT molecular complexity index is 387. The van der Waals surface area contributed by atoms with E-state index in [0.717, 1.165) is 6.07 Å². The van der Waals surface area contributed by atoms with Gasteiger partial charge >= 0.3 is 0 Å². The molecule has 1 aromatic heterocycles. The monoisotopic (exact) mass is 261 g/mol. The lowest BCUT2D eigenvalue weighted by molar-refractivity contribution is 0.146. The first-order valence-electron chi connectivity index (χ1n) is 3.66. The molecule has 0 aliphatic rings. The van der Waals surface area contributed by atoms with Gasteiger partial charge in [0.2, 0.25) is 0 Å². The smallest absolute Gasteiger partial charge is 0.280 e. The van der Waals surface area contributed by atoms with Gasteiger partial charge in [-0.2, -0.15) is 5.26 Å². The van der Waals surface area contributed by atoms with Crippen LogP contribution in [0.3, 0.4) is 0 Å². The molecule has 0 unspecified atom stereocenters. The quantitative estimate of drug-likeness (QED) is 0.832. The third-order valence-electron chi connectivity index (χ3n) is 1.61. The maximum atomic E-state index is 12.3. The fourth-order valence-electron chi connectivity index (χ4n) is 0.938. The van der Waals surface area contributed by atoms with Crippen molar-refractivity contribution in [2.24, 2.45) is 0 Å². The Morgan fingerprint density at radius 3 is 2.79 bits per heavy atom. The van der Waals surface area contributed by atoms with Crippen molar-refractivity contribution in [1.82, 2.24) is 4.98 Å². The molecular weight excluding hydrogens is 256 g/mol. The van der Waals surface area contributed by atoms with Crippen LogP contribution in [0.2, 0.25) is 0 Å². The molecule has 0 fully saturated rings. The van der Waals surface area contributed by atoms with Crippen molar-refractivity contribution in [3.05, 3.63) is 21.9 Å². The maximum Gasteiger partial charge on any atom is 0.280 e. The van der Waals surface area contributed by atoms with E-state index in [4.69, 9.17) is 11.0 Å². The summed E-state index contributed by atoms with van der Waals surface area (Å²) in [5, 5.41) is 8.44. The lowest BCUT2D eigenvalue weighted by atomic mass is 10.1. The molecule has 0 aromatic carbocycles. The summed E-state index contributed by atoms with van der Waals surface area (Å²) in [5.41, 5.74) is 5.75. The number of nitrogen functional groups attached to an aromatic ring is 1. The van der Waals surface area contributed by atoms with E-state index in [1.54, 1.807) is 0 Å². The van der Waals surface area contributed by atoms with Crippen molar-refractivity contribution in [2.45, 2.75) is 12.8 Å². The van der Waals surface area contributed by atoms with Crippen LogP contribution in [-0.4, -0.2) is 4.98 Å². The topological polar surface area (TPSA) is 62.7 Å². The zero-order valence-electron chi connectivity index (χ0n) is 6.97. The molecule has 0 bridgehead atoms. The molecule has 0 radical (unpaired) electrons. The molecule has 3 nitrogen and oxygen atoms in total.